The van der Waals surface area contributed by atoms with Crippen LogP contribution in [0.2, 0.25) is 0 Å². The average Bonchev–Trinajstić information content (AvgIpc) is 2.53. The Balaban J connectivity index is 2.82. The lowest BCUT2D eigenvalue weighted by Gasteiger charge is -2.24. The van der Waals surface area contributed by atoms with Gasteiger partial charge in [0.25, 0.3) is 0 Å². The molecule has 1 fully saturated rings. The van der Waals surface area contributed by atoms with Crippen LogP contribution >= 0.6 is 0 Å². The van der Waals surface area contributed by atoms with Gasteiger partial charge in [-0.25, -0.2) is 0 Å². The van der Waals surface area contributed by atoms with E-state index in [9.17, 15) is 14.7 Å². The van der Waals surface area contributed by atoms with E-state index < -0.39 is 11.5 Å². The summed E-state index contributed by atoms with van der Waals surface area (Å²) in [7, 11) is 0. The van der Waals surface area contributed by atoms with E-state index in [0.29, 0.717) is 25.7 Å². The first-order valence-corrected chi connectivity index (χ1v) is 6.03. The molecule has 2 amide bonds. The van der Waals surface area contributed by atoms with Crippen molar-refractivity contribution >= 4 is 11.8 Å². The number of aliphatic hydroxyl groups is 1. The highest BCUT2D eigenvalue weighted by molar-refractivity contribution is 6.05. The molecule has 16 heavy (non-hydrogen) atoms. The molecule has 0 spiro atoms. The number of likely N-dealkylation sites (tertiary alicyclic amines) is 1. The third-order valence-electron chi connectivity index (χ3n) is 3.71. The summed E-state index contributed by atoms with van der Waals surface area (Å²) in [5.74, 6) is -0.240. The Bertz CT molecular complexity index is 284. The van der Waals surface area contributed by atoms with Crippen molar-refractivity contribution in [2.24, 2.45) is 5.41 Å². The number of hydrogen-bond acceptors (Lipinski definition) is 3. The number of β-amino-alcohol motifs (C(OH)–C–C–N with tert-alkyl or cyclic N) is 1. The van der Waals surface area contributed by atoms with Crippen molar-refractivity contribution in [3.05, 3.63) is 0 Å². The molecule has 1 rings (SSSR count). The fraction of sp³-hybridized carbons (Fsp3) is 0.833. The van der Waals surface area contributed by atoms with Crippen LogP contribution < -0.4 is 0 Å². The zero-order chi connectivity index (χ0) is 12.3. The normalized spacial score (nSPS) is 21.6. The summed E-state index contributed by atoms with van der Waals surface area (Å²) in [5, 5.41) is 9.52. The molecule has 1 atom stereocenters. The second kappa shape index (κ2) is 4.95. The van der Waals surface area contributed by atoms with Gasteiger partial charge in [0.05, 0.1) is 18.1 Å². The van der Waals surface area contributed by atoms with Crippen LogP contribution in [0.5, 0.6) is 0 Å². The van der Waals surface area contributed by atoms with Gasteiger partial charge in [0, 0.05) is 6.42 Å². The molecule has 1 aliphatic heterocycles. The van der Waals surface area contributed by atoms with E-state index in [-0.39, 0.29) is 18.4 Å². The van der Waals surface area contributed by atoms with E-state index in [2.05, 4.69) is 0 Å². The maximum Gasteiger partial charge on any atom is 0.235 e. The molecule has 4 nitrogen and oxygen atoms in total. The lowest BCUT2D eigenvalue weighted by atomic mass is 9.81. The summed E-state index contributed by atoms with van der Waals surface area (Å²) in [6.07, 6.45) is 1.63. The van der Waals surface area contributed by atoms with Gasteiger partial charge in [-0.2, -0.15) is 0 Å². The van der Waals surface area contributed by atoms with Crippen molar-refractivity contribution in [3.63, 3.8) is 0 Å². The number of imide groups is 1. The first-order valence-electron chi connectivity index (χ1n) is 6.03. The topological polar surface area (TPSA) is 57.6 Å². The van der Waals surface area contributed by atoms with E-state index in [1.165, 1.54) is 4.90 Å². The van der Waals surface area contributed by atoms with E-state index in [1.807, 2.05) is 20.8 Å². The molecule has 0 saturated carbocycles. The SMILES string of the molecule is CC[C@@H](O)CN1C(=O)CC(CC)(CC)C1=O. The first-order chi connectivity index (χ1) is 7.50. The van der Waals surface area contributed by atoms with Crippen LogP contribution in [0, 0.1) is 5.41 Å². The molecule has 0 radical (unpaired) electrons. The number of carbonyl (C=O) groups excluding carboxylic acids is 2. The smallest absolute Gasteiger partial charge is 0.235 e. The summed E-state index contributed by atoms with van der Waals surface area (Å²) in [5.41, 5.74) is -0.509. The number of nitrogens with zero attached hydrogens (tertiary/aromatic N) is 1. The Hall–Kier alpha value is -0.900. The predicted octanol–water partition coefficient (Wildman–Crippen LogP) is 1.32. The highest BCUT2D eigenvalue weighted by Gasteiger charge is 2.49. The molecule has 1 heterocycles. The molecule has 0 unspecified atom stereocenters. The molecular weight excluding hydrogens is 206 g/mol. The fourth-order valence-electron chi connectivity index (χ4n) is 2.19. The standard InChI is InChI=1S/C12H21NO3/c1-4-9(14)8-13-10(15)7-12(5-2,6-3)11(13)16/h9,14H,4-8H2,1-3H3/t9-/m1/s1. The highest BCUT2D eigenvalue weighted by atomic mass is 16.3. The second-order valence-electron chi connectivity index (χ2n) is 4.54. The zero-order valence-electron chi connectivity index (χ0n) is 10.3. The van der Waals surface area contributed by atoms with Crippen molar-refractivity contribution in [2.75, 3.05) is 6.54 Å². The van der Waals surface area contributed by atoms with E-state index >= 15 is 0 Å². The Morgan fingerprint density at radius 2 is 1.88 bits per heavy atom. The van der Waals surface area contributed by atoms with Crippen LogP contribution in [0.1, 0.15) is 46.5 Å². The molecule has 92 valence electrons. The molecule has 0 aromatic rings. The van der Waals surface area contributed by atoms with Gasteiger partial charge in [-0.15, -0.1) is 0 Å². The first kappa shape index (κ1) is 13.2. The molecule has 0 aromatic carbocycles. The van der Waals surface area contributed by atoms with Crippen LogP contribution in [0.4, 0.5) is 0 Å². The third-order valence-corrected chi connectivity index (χ3v) is 3.71. The number of aliphatic hydroxyl groups excluding tert-OH is 1. The van der Waals surface area contributed by atoms with Crippen LogP contribution in [0.3, 0.4) is 0 Å². The van der Waals surface area contributed by atoms with Gasteiger partial charge in [0.2, 0.25) is 11.8 Å². The minimum absolute atomic E-state index is 0.102. The Morgan fingerprint density at radius 3 is 2.25 bits per heavy atom. The van der Waals surface area contributed by atoms with Crippen molar-refractivity contribution in [2.45, 2.75) is 52.6 Å². The van der Waals surface area contributed by atoms with Crippen LogP contribution in [-0.2, 0) is 9.59 Å². The van der Waals surface area contributed by atoms with Gasteiger partial charge in [-0.3, -0.25) is 14.5 Å². The minimum atomic E-state index is -0.600. The van der Waals surface area contributed by atoms with Crippen molar-refractivity contribution in [1.82, 2.24) is 4.90 Å². The Morgan fingerprint density at radius 1 is 1.31 bits per heavy atom. The van der Waals surface area contributed by atoms with Gasteiger partial charge < -0.3 is 5.11 Å². The van der Waals surface area contributed by atoms with Crippen molar-refractivity contribution < 1.29 is 14.7 Å². The summed E-state index contributed by atoms with van der Waals surface area (Å²) < 4.78 is 0. The Labute approximate surface area is 96.6 Å². The second-order valence-corrected chi connectivity index (χ2v) is 4.54. The highest BCUT2D eigenvalue weighted by Crippen LogP contribution is 2.39. The molecular formula is C12H21NO3. The van der Waals surface area contributed by atoms with Crippen LogP contribution in [-0.4, -0.2) is 34.5 Å². The average molecular weight is 227 g/mol. The van der Waals surface area contributed by atoms with E-state index in [0.717, 1.165) is 0 Å². The lowest BCUT2D eigenvalue weighted by Crippen LogP contribution is -2.39. The van der Waals surface area contributed by atoms with Gasteiger partial charge in [0.1, 0.15) is 0 Å². The number of carbonyl (C=O) groups is 2. The van der Waals surface area contributed by atoms with E-state index in [4.69, 9.17) is 0 Å². The molecule has 0 aromatic heterocycles. The van der Waals surface area contributed by atoms with Crippen molar-refractivity contribution in [3.8, 4) is 0 Å². The van der Waals surface area contributed by atoms with Gasteiger partial charge in [0.15, 0.2) is 0 Å². The van der Waals surface area contributed by atoms with E-state index in [1.54, 1.807) is 0 Å². The molecule has 1 aliphatic rings. The molecule has 1 N–H and O–H groups in total. The maximum atomic E-state index is 12.1. The summed E-state index contributed by atoms with van der Waals surface area (Å²) in [4.78, 5) is 25.1. The molecule has 1 saturated heterocycles. The number of amides is 2. The van der Waals surface area contributed by atoms with Gasteiger partial charge in [-0.1, -0.05) is 20.8 Å². The summed E-state index contributed by atoms with van der Waals surface area (Å²) in [6, 6.07) is 0. The van der Waals surface area contributed by atoms with Gasteiger partial charge >= 0.3 is 0 Å². The van der Waals surface area contributed by atoms with Crippen molar-refractivity contribution in [1.29, 1.82) is 0 Å². The lowest BCUT2D eigenvalue weighted by molar-refractivity contribution is -0.143. The number of hydrogen-bond donors (Lipinski definition) is 1. The third kappa shape index (κ3) is 2.12. The van der Waals surface area contributed by atoms with Crippen LogP contribution in [0.15, 0.2) is 0 Å². The molecule has 0 bridgehead atoms. The zero-order valence-corrected chi connectivity index (χ0v) is 10.3. The quantitative estimate of drug-likeness (QED) is 0.721. The summed E-state index contributed by atoms with van der Waals surface area (Å²) in [6.45, 7) is 5.86. The molecule has 4 heteroatoms. The fourth-order valence-corrected chi connectivity index (χ4v) is 2.19. The minimum Gasteiger partial charge on any atom is -0.391 e. The van der Waals surface area contributed by atoms with Gasteiger partial charge in [-0.05, 0) is 19.3 Å². The molecule has 0 aliphatic carbocycles. The maximum absolute atomic E-state index is 12.1. The largest absolute Gasteiger partial charge is 0.391 e. The summed E-state index contributed by atoms with van der Waals surface area (Å²) >= 11 is 0. The number of rotatable bonds is 5. The predicted molar refractivity (Wildman–Crippen MR) is 60.6 cm³/mol. The Kier molecular flexibility index (Phi) is 4.08. The van der Waals surface area contributed by atoms with Crippen LogP contribution in [0.25, 0.3) is 0 Å². The monoisotopic (exact) mass is 227 g/mol.